The summed E-state index contributed by atoms with van der Waals surface area (Å²) >= 11 is 0. The van der Waals surface area contributed by atoms with Gasteiger partial charge in [0.25, 0.3) is 0 Å². The van der Waals surface area contributed by atoms with Crippen LogP contribution in [0.25, 0.3) is 16.7 Å². The Kier molecular flexibility index (Phi) is 8.74. The number of benzene rings is 3. The highest BCUT2D eigenvalue weighted by Crippen LogP contribution is 2.49. The van der Waals surface area contributed by atoms with Gasteiger partial charge < -0.3 is 14.6 Å². The van der Waals surface area contributed by atoms with Gasteiger partial charge in [-0.05, 0) is 90.3 Å². The van der Waals surface area contributed by atoms with Crippen LogP contribution in [0, 0.1) is 17.0 Å². The first-order chi connectivity index (χ1) is 21.8. The summed E-state index contributed by atoms with van der Waals surface area (Å²) in [6.45, 7) is 5.11. The molecule has 3 aromatic rings. The van der Waals surface area contributed by atoms with Crippen LogP contribution in [0.2, 0.25) is 0 Å². The number of carbonyl (C=O) groups excluding carboxylic acids is 1. The quantitative estimate of drug-likeness (QED) is 0.266. The molecular formula is C34H31F8NO4. The lowest BCUT2D eigenvalue weighted by Crippen LogP contribution is -2.35. The number of hydrogen-bond donors (Lipinski definition) is 1. The van der Waals surface area contributed by atoms with E-state index in [1.54, 1.807) is 0 Å². The van der Waals surface area contributed by atoms with Crippen molar-refractivity contribution in [3.63, 3.8) is 0 Å². The molecule has 5 rings (SSSR count). The number of methoxy groups -OCH3 is 1. The predicted molar refractivity (Wildman–Crippen MR) is 156 cm³/mol. The molecule has 5 nitrogen and oxygen atoms in total. The van der Waals surface area contributed by atoms with Crippen LogP contribution in [-0.4, -0.2) is 35.8 Å². The van der Waals surface area contributed by atoms with Crippen LogP contribution < -0.4 is 4.74 Å². The molecule has 2 aliphatic rings. The summed E-state index contributed by atoms with van der Waals surface area (Å²) < 4.78 is 124. The molecule has 2 atom stereocenters. The SMILES string of the molecule is COc1c(F)cc(-c2ccc(O)cc2)c(F)c1C1=C(CN2C(=O)O[C@H](c3cc(C(F)(F)F)cc(C(F)(F)F)c3)[C@@H]2C)CC(C)(C)CC1. The van der Waals surface area contributed by atoms with Crippen molar-refractivity contribution < 1.29 is 54.5 Å². The second-order valence-electron chi connectivity index (χ2n) is 12.6. The highest BCUT2D eigenvalue weighted by atomic mass is 19.4. The maximum atomic E-state index is 16.4. The Morgan fingerprint density at radius 2 is 1.57 bits per heavy atom. The molecule has 1 N–H and O–H groups in total. The van der Waals surface area contributed by atoms with Gasteiger partial charge in [0.2, 0.25) is 0 Å². The lowest BCUT2D eigenvalue weighted by Gasteiger charge is -2.36. The molecule has 1 saturated heterocycles. The molecule has 0 unspecified atom stereocenters. The third-order valence-corrected chi connectivity index (χ3v) is 8.72. The van der Waals surface area contributed by atoms with Crippen LogP contribution in [0.15, 0.2) is 54.1 Å². The normalized spacial score (nSPS) is 20.1. The number of cyclic esters (lactones) is 1. The van der Waals surface area contributed by atoms with Crippen LogP contribution in [0.5, 0.6) is 11.5 Å². The number of aromatic hydroxyl groups is 1. The van der Waals surface area contributed by atoms with Crippen LogP contribution in [0.1, 0.15) is 68.4 Å². The Balaban J connectivity index is 1.59. The van der Waals surface area contributed by atoms with Gasteiger partial charge in [0, 0.05) is 12.1 Å². The number of carbonyl (C=O) groups is 1. The first kappa shape index (κ1) is 34.1. The third-order valence-electron chi connectivity index (χ3n) is 8.72. The van der Waals surface area contributed by atoms with Crippen molar-refractivity contribution in [3.05, 3.63) is 88.0 Å². The van der Waals surface area contributed by atoms with Gasteiger partial charge in [0.1, 0.15) is 17.7 Å². The van der Waals surface area contributed by atoms with Gasteiger partial charge in [-0.3, -0.25) is 4.90 Å². The van der Waals surface area contributed by atoms with Crippen LogP contribution >= 0.6 is 0 Å². The minimum atomic E-state index is -5.10. The molecule has 0 radical (unpaired) electrons. The van der Waals surface area contributed by atoms with Gasteiger partial charge in [-0.1, -0.05) is 26.0 Å². The highest BCUT2D eigenvalue weighted by Gasteiger charge is 2.44. The lowest BCUT2D eigenvalue weighted by atomic mass is 9.72. The first-order valence-electron chi connectivity index (χ1n) is 14.6. The number of nitrogens with zero attached hydrogens (tertiary/aromatic N) is 1. The van der Waals surface area contributed by atoms with E-state index in [2.05, 4.69) is 0 Å². The lowest BCUT2D eigenvalue weighted by molar-refractivity contribution is -0.143. The van der Waals surface area contributed by atoms with Gasteiger partial charge in [-0.2, -0.15) is 26.3 Å². The van der Waals surface area contributed by atoms with Gasteiger partial charge in [-0.25, -0.2) is 13.6 Å². The largest absolute Gasteiger partial charge is 0.508 e. The van der Waals surface area contributed by atoms with E-state index < -0.39 is 58.9 Å². The highest BCUT2D eigenvalue weighted by molar-refractivity contribution is 5.81. The molecule has 1 aliphatic carbocycles. The number of phenols is 1. The van der Waals surface area contributed by atoms with E-state index in [1.807, 2.05) is 13.8 Å². The molecule has 13 heteroatoms. The summed E-state index contributed by atoms with van der Waals surface area (Å²) in [5.74, 6) is -2.11. The summed E-state index contributed by atoms with van der Waals surface area (Å²) in [6, 6.07) is 6.48. The van der Waals surface area contributed by atoms with Gasteiger partial charge >= 0.3 is 18.4 Å². The van der Waals surface area contributed by atoms with E-state index in [0.29, 0.717) is 36.1 Å². The molecule has 0 spiro atoms. The molecule has 252 valence electrons. The van der Waals surface area contributed by atoms with Crippen LogP contribution in [-0.2, 0) is 17.1 Å². The second-order valence-corrected chi connectivity index (χ2v) is 12.6. The van der Waals surface area contributed by atoms with E-state index in [9.17, 15) is 36.2 Å². The summed E-state index contributed by atoms with van der Waals surface area (Å²) in [4.78, 5) is 14.3. The maximum Gasteiger partial charge on any atom is 0.416 e. The second kappa shape index (κ2) is 12.1. The van der Waals surface area contributed by atoms with Crippen molar-refractivity contribution in [2.75, 3.05) is 13.7 Å². The third kappa shape index (κ3) is 6.75. The number of hydrogen-bond acceptors (Lipinski definition) is 4. The average Bonchev–Trinajstić information content (AvgIpc) is 3.26. The van der Waals surface area contributed by atoms with Gasteiger partial charge in [0.15, 0.2) is 11.6 Å². The fourth-order valence-corrected chi connectivity index (χ4v) is 6.30. The molecule has 1 amide bonds. The Hall–Kier alpha value is -4.29. The monoisotopic (exact) mass is 669 g/mol. The molecule has 1 heterocycles. The molecule has 0 bridgehead atoms. The first-order valence-corrected chi connectivity index (χ1v) is 14.6. The van der Waals surface area contributed by atoms with Crippen molar-refractivity contribution in [2.45, 2.75) is 64.5 Å². The summed E-state index contributed by atoms with van der Waals surface area (Å²) in [5, 5.41) is 9.68. The Morgan fingerprint density at radius 3 is 2.13 bits per heavy atom. The van der Waals surface area contributed by atoms with Crippen LogP contribution in [0.4, 0.5) is 39.9 Å². The van der Waals surface area contributed by atoms with Crippen molar-refractivity contribution in [1.82, 2.24) is 4.90 Å². The fourth-order valence-electron chi connectivity index (χ4n) is 6.30. The Labute approximate surface area is 265 Å². The van der Waals surface area contributed by atoms with Gasteiger partial charge in [0.05, 0.1) is 29.8 Å². The molecule has 0 aromatic heterocycles. The van der Waals surface area contributed by atoms with Crippen molar-refractivity contribution in [2.24, 2.45) is 5.41 Å². The fraction of sp³-hybridized carbons (Fsp3) is 0.382. The number of ether oxygens (including phenoxy) is 2. The maximum absolute atomic E-state index is 16.4. The predicted octanol–water partition coefficient (Wildman–Crippen LogP) is 9.93. The summed E-state index contributed by atoms with van der Waals surface area (Å²) in [6.07, 6.45) is -11.6. The number of alkyl halides is 6. The zero-order chi connectivity index (χ0) is 34.6. The van der Waals surface area contributed by atoms with E-state index in [1.165, 1.54) is 43.2 Å². The zero-order valence-electron chi connectivity index (χ0n) is 25.7. The smallest absolute Gasteiger partial charge is 0.416 e. The number of rotatable bonds is 6. The van der Waals surface area contributed by atoms with E-state index in [0.717, 1.165) is 6.07 Å². The van der Waals surface area contributed by atoms with Gasteiger partial charge in [-0.15, -0.1) is 0 Å². The van der Waals surface area contributed by atoms with Crippen molar-refractivity contribution >= 4 is 11.7 Å². The van der Waals surface area contributed by atoms with Crippen LogP contribution in [0.3, 0.4) is 0 Å². The Bertz CT molecular complexity index is 1700. The summed E-state index contributed by atoms with van der Waals surface area (Å²) in [7, 11) is 1.18. The topological polar surface area (TPSA) is 59.0 Å². The number of phenolic OH excluding ortho intramolecular Hbond substituents is 1. The minimum absolute atomic E-state index is 0.00273. The Morgan fingerprint density at radius 1 is 0.979 bits per heavy atom. The average molecular weight is 670 g/mol. The number of allylic oxidation sites excluding steroid dienone is 1. The summed E-state index contributed by atoms with van der Waals surface area (Å²) in [5.41, 5.74) is -3.04. The molecule has 47 heavy (non-hydrogen) atoms. The molecule has 0 saturated carbocycles. The van der Waals surface area contributed by atoms with E-state index in [-0.39, 0.29) is 52.6 Å². The molecule has 1 fully saturated rings. The van der Waals surface area contributed by atoms with Crippen molar-refractivity contribution in [3.8, 4) is 22.6 Å². The standard InChI is InChI=1S/C34H31F8NO4/c1-17-29(19-11-21(33(37,38)39)13-22(12-19)34(40,41)42)47-31(45)43(17)16-20-15-32(2,3)10-9-24(20)27-28(36)25(14-26(35)30(27)46-4)18-5-7-23(44)8-6-18/h5-8,11-14,17,29,44H,9-10,15-16H2,1-4H3/t17-,29-/m0/s1. The number of halogens is 8. The number of amides is 1. The zero-order valence-corrected chi connectivity index (χ0v) is 25.7. The minimum Gasteiger partial charge on any atom is -0.508 e. The molecular weight excluding hydrogens is 638 g/mol. The van der Waals surface area contributed by atoms with Crippen molar-refractivity contribution in [1.29, 1.82) is 0 Å². The van der Waals surface area contributed by atoms with E-state index in [4.69, 9.17) is 9.47 Å². The molecule has 1 aliphatic heterocycles. The molecule has 3 aromatic carbocycles. The van der Waals surface area contributed by atoms with E-state index >= 15 is 8.78 Å².